The molecule has 0 spiro atoms. The van der Waals surface area contributed by atoms with Crippen molar-refractivity contribution in [1.29, 1.82) is 0 Å². The number of nitrogens with zero attached hydrogens (tertiary/aromatic N) is 2. The zero-order chi connectivity index (χ0) is 20.8. The van der Waals surface area contributed by atoms with Gasteiger partial charge < -0.3 is 10.2 Å². The Morgan fingerprint density at radius 2 is 2.07 bits per heavy atom. The molecule has 29 heavy (non-hydrogen) atoms. The number of carbonyl (C=O) groups is 2. The van der Waals surface area contributed by atoms with Gasteiger partial charge in [-0.3, -0.25) is 9.59 Å². The number of aromatic nitrogens is 1. The molecule has 4 rings (SSSR count). The van der Waals surface area contributed by atoms with E-state index in [1.165, 1.54) is 10.9 Å². The molecule has 0 aliphatic carbocycles. The fourth-order valence-corrected chi connectivity index (χ4v) is 5.27. The lowest BCUT2D eigenvalue weighted by molar-refractivity contribution is -0.141. The van der Waals surface area contributed by atoms with Gasteiger partial charge >= 0.3 is 6.18 Å². The van der Waals surface area contributed by atoms with Crippen LogP contribution in [0.5, 0.6) is 0 Å². The molecule has 1 aliphatic rings. The summed E-state index contributed by atoms with van der Waals surface area (Å²) in [7, 11) is 0. The first-order valence-corrected chi connectivity index (χ1v) is 10.5. The van der Waals surface area contributed by atoms with Gasteiger partial charge in [-0.15, -0.1) is 22.7 Å². The van der Waals surface area contributed by atoms with Crippen molar-refractivity contribution >= 4 is 44.7 Å². The maximum atomic E-state index is 12.9. The molecule has 0 saturated carbocycles. The molecule has 2 amide bonds. The summed E-state index contributed by atoms with van der Waals surface area (Å²) >= 11 is 2.57. The number of carbonyl (C=O) groups excluding carboxylic acids is 2. The summed E-state index contributed by atoms with van der Waals surface area (Å²) < 4.78 is 38.6. The summed E-state index contributed by atoms with van der Waals surface area (Å²) in [5.41, 5.74) is 0.691. The van der Waals surface area contributed by atoms with Crippen molar-refractivity contribution in [3.63, 3.8) is 0 Å². The first-order valence-electron chi connectivity index (χ1n) is 8.82. The number of amides is 2. The second-order valence-corrected chi connectivity index (χ2v) is 8.72. The van der Waals surface area contributed by atoms with Crippen LogP contribution in [0.25, 0.3) is 10.2 Å². The van der Waals surface area contributed by atoms with Gasteiger partial charge in [-0.1, -0.05) is 0 Å². The first-order chi connectivity index (χ1) is 13.7. The van der Waals surface area contributed by atoms with Crippen LogP contribution in [0.15, 0.2) is 23.6 Å². The first kappa shape index (κ1) is 19.8. The van der Waals surface area contributed by atoms with Gasteiger partial charge in [0.2, 0.25) is 5.91 Å². The molecule has 5 nitrogen and oxygen atoms in total. The Morgan fingerprint density at radius 1 is 1.28 bits per heavy atom. The number of thiophene rings is 2. The van der Waals surface area contributed by atoms with E-state index in [1.54, 1.807) is 23.2 Å². The van der Waals surface area contributed by atoms with Crippen LogP contribution < -0.4 is 5.32 Å². The molecular weight excluding hydrogens is 423 g/mol. The van der Waals surface area contributed by atoms with Crippen molar-refractivity contribution in [2.24, 2.45) is 0 Å². The van der Waals surface area contributed by atoms with Crippen LogP contribution in [0.1, 0.15) is 31.4 Å². The van der Waals surface area contributed by atoms with Crippen molar-refractivity contribution in [2.75, 3.05) is 13.1 Å². The smallest absolute Gasteiger partial charge is 0.342 e. The Kier molecular flexibility index (Phi) is 5.07. The molecule has 0 radical (unpaired) electrons. The highest BCUT2D eigenvalue weighted by molar-refractivity contribution is 7.20. The molecule has 4 heterocycles. The second-order valence-electron chi connectivity index (χ2n) is 6.72. The Labute approximate surface area is 172 Å². The van der Waals surface area contributed by atoms with Crippen molar-refractivity contribution < 1.29 is 22.8 Å². The van der Waals surface area contributed by atoms with Gasteiger partial charge in [0.15, 0.2) is 0 Å². The normalized spacial score (nSPS) is 14.1. The summed E-state index contributed by atoms with van der Waals surface area (Å²) in [5.74, 6) is -0.674. The molecule has 3 aromatic rings. The van der Waals surface area contributed by atoms with E-state index in [0.29, 0.717) is 24.0 Å². The van der Waals surface area contributed by atoms with Gasteiger partial charge in [-0.25, -0.2) is 4.98 Å². The minimum atomic E-state index is -4.54. The molecule has 0 aromatic carbocycles. The molecule has 0 atom stereocenters. The summed E-state index contributed by atoms with van der Waals surface area (Å²) in [6.07, 6.45) is -3.74. The molecule has 0 saturated heterocycles. The van der Waals surface area contributed by atoms with Crippen LogP contribution in [-0.4, -0.2) is 34.8 Å². The molecule has 152 valence electrons. The monoisotopic (exact) mass is 439 g/mol. The topological polar surface area (TPSA) is 62.3 Å². The van der Waals surface area contributed by atoms with Gasteiger partial charge in [0.05, 0.1) is 11.4 Å². The van der Waals surface area contributed by atoms with Crippen LogP contribution in [0.2, 0.25) is 0 Å². The van der Waals surface area contributed by atoms with Gasteiger partial charge in [0, 0.05) is 23.4 Å². The summed E-state index contributed by atoms with van der Waals surface area (Å²) in [6, 6.07) is 4.23. The van der Waals surface area contributed by atoms with Gasteiger partial charge in [0.1, 0.15) is 10.5 Å². The zero-order valence-electron chi connectivity index (χ0n) is 15.3. The van der Waals surface area contributed by atoms with E-state index in [-0.39, 0.29) is 22.2 Å². The maximum Gasteiger partial charge on any atom is 0.433 e. The predicted octanol–water partition coefficient (Wildman–Crippen LogP) is 4.00. The van der Waals surface area contributed by atoms with Crippen LogP contribution in [0.4, 0.5) is 13.2 Å². The second kappa shape index (κ2) is 7.42. The molecule has 1 N–H and O–H groups in total. The number of hydrogen-bond acceptors (Lipinski definition) is 5. The highest BCUT2D eigenvalue weighted by Crippen LogP contribution is 2.34. The number of hydrogen-bond donors (Lipinski definition) is 1. The third-order valence-electron chi connectivity index (χ3n) is 4.86. The van der Waals surface area contributed by atoms with E-state index in [0.717, 1.165) is 29.4 Å². The van der Waals surface area contributed by atoms with E-state index in [2.05, 4.69) is 10.3 Å². The highest BCUT2D eigenvalue weighted by atomic mass is 32.1. The Morgan fingerprint density at radius 3 is 2.83 bits per heavy atom. The number of nitrogens with one attached hydrogen (secondary N) is 1. The standard InChI is InChI=1S/C19H16F3N3O2S2/c1-10-12-2-3-14(19(20,21)22)24-18(12)29-16(10)17(27)23-8-15(26)25-6-4-13-11(9-25)5-7-28-13/h2-3,5,7H,4,6,8-9H2,1H3,(H,23,27). The highest BCUT2D eigenvalue weighted by Gasteiger charge is 2.33. The number of alkyl halides is 3. The van der Waals surface area contributed by atoms with Gasteiger partial charge in [-0.2, -0.15) is 13.2 Å². The zero-order valence-corrected chi connectivity index (χ0v) is 16.9. The third kappa shape index (κ3) is 3.86. The Bertz CT molecular complexity index is 1100. The fraction of sp³-hybridized carbons (Fsp3) is 0.316. The van der Waals surface area contributed by atoms with Crippen molar-refractivity contribution in [3.05, 3.63) is 50.2 Å². The van der Waals surface area contributed by atoms with Gasteiger partial charge in [0.25, 0.3) is 5.91 Å². The van der Waals surface area contributed by atoms with Crippen molar-refractivity contribution in [2.45, 2.75) is 26.1 Å². The SMILES string of the molecule is Cc1c(C(=O)NCC(=O)N2CCc3sccc3C2)sc2nc(C(F)(F)F)ccc12. The largest absolute Gasteiger partial charge is 0.433 e. The summed E-state index contributed by atoms with van der Waals surface area (Å²) in [4.78, 5) is 32.0. The quantitative estimate of drug-likeness (QED) is 0.671. The lowest BCUT2D eigenvalue weighted by Gasteiger charge is -2.27. The minimum absolute atomic E-state index is 0.148. The van der Waals surface area contributed by atoms with E-state index in [1.807, 2.05) is 11.4 Å². The van der Waals surface area contributed by atoms with E-state index in [4.69, 9.17) is 0 Å². The van der Waals surface area contributed by atoms with Crippen LogP contribution in [0.3, 0.4) is 0 Å². The molecule has 1 aliphatic heterocycles. The predicted molar refractivity (Wildman–Crippen MR) is 105 cm³/mol. The lowest BCUT2D eigenvalue weighted by atomic mass is 10.1. The molecule has 3 aromatic heterocycles. The van der Waals surface area contributed by atoms with Gasteiger partial charge in [-0.05, 0) is 48.1 Å². The third-order valence-corrected chi connectivity index (χ3v) is 7.08. The molecule has 10 heteroatoms. The van der Waals surface area contributed by atoms with Crippen molar-refractivity contribution in [1.82, 2.24) is 15.2 Å². The summed E-state index contributed by atoms with van der Waals surface area (Å²) in [6.45, 7) is 2.63. The Hall–Kier alpha value is -2.46. The number of rotatable bonds is 3. The maximum absolute atomic E-state index is 12.9. The van der Waals surface area contributed by atoms with Crippen molar-refractivity contribution in [3.8, 4) is 0 Å². The summed E-state index contributed by atoms with van der Waals surface area (Å²) in [5, 5.41) is 5.10. The molecule has 0 fully saturated rings. The number of aryl methyl sites for hydroxylation is 1. The number of pyridine rings is 1. The van der Waals surface area contributed by atoms with Crippen LogP contribution in [-0.2, 0) is 23.9 Å². The molecular formula is C19H16F3N3O2S2. The van der Waals surface area contributed by atoms with Crippen LogP contribution in [0, 0.1) is 6.92 Å². The minimum Gasteiger partial charge on any atom is -0.342 e. The van der Waals surface area contributed by atoms with E-state index in [9.17, 15) is 22.8 Å². The average Bonchev–Trinajstić information content (AvgIpc) is 3.28. The van der Waals surface area contributed by atoms with E-state index < -0.39 is 17.8 Å². The molecule has 0 unspecified atom stereocenters. The number of halogens is 3. The fourth-order valence-electron chi connectivity index (χ4n) is 3.28. The molecule has 0 bridgehead atoms. The number of fused-ring (bicyclic) bond motifs is 2. The van der Waals surface area contributed by atoms with E-state index >= 15 is 0 Å². The van der Waals surface area contributed by atoms with Crippen LogP contribution >= 0.6 is 22.7 Å². The average molecular weight is 439 g/mol. The lowest BCUT2D eigenvalue weighted by Crippen LogP contribution is -2.42. The Balaban J connectivity index is 1.45.